The molecule has 1 aromatic heterocycles. The molecule has 17 heavy (non-hydrogen) atoms. The van der Waals surface area contributed by atoms with E-state index in [-0.39, 0.29) is 5.78 Å². The van der Waals surface area contributed by atoms with Crippen molar-refractivity contribution in [2.24, 2.45) is 0 Å². The first-order chi connectivity index (χ1) is 8.04. The number of carbonyl (C=O) groups is 1. The van der Waals surface area contributed by atoms with Crippen LogP contribution in [0.3, 0.4) is 0 Å². The van der Waals surface area contributed by atoms with Crippen LogP contribution in [0.25, 0.3) is 0 Å². The van der Waals surface area contributed by atoms with Crippen LogP contribution in [0.5, 0.6) is 0 Å². The monoisotopic (exact) mass is 309 g/mol. The molecule has 0 N–H and O–H groups in total. The normalized spacial score (nSPS) is 10.5. The highest BCUT2D eigenvalue weighted by atomic mass is 79.9. The van der Waals surface area contributed by atoms with Gasteiger partial charge in [-0.15, -0.1) is 11.3 Å². The maximum atomic E-state index is 12.1. The SMILES string of the molecule is Cc1cc(Br)cc(C(=O)Cc2csc(C)n2)c1. The number of carbonyl (C=O) groups excluding carboxylic acids is 1. The zero-order valence-corrected chi connectivity index (χ0v) is 12.1. The zero-order valence-electron chi connectivity index (χ0n) is 9.66. The molecule has 0 fully saturated rings. The first-order valence-corrected chi connectivity index (χ1v) is 6.93. The Balaban J connectivity index is 2.19. The number of thiazole rings is 1. The summed E-state index contributed by atoms with van der Waals surface area (Å²) in [7, 11) is 0. The van der Waals surface area contributed by atoms with Crippen molar-refractivity contribution in [2.75, 3.05) is 0 Å². The van der Waals surface area contributed by atoms with Crippen molar-refractivity contribution in [3.8, 4) is 0 Å². The quantitative estimate of drug-likeness (QED) is 0.804. The smallest absolute Gasteiger partial charge is 0.168 e. The van der Waals surface area contributed by atoms with E-state index in [1.807, 2.05) is 37.4 Å². The Hall–Kier alpha value is -1.00. The van der Waals surface area contributed by atoms with Crippen LogP contribution < -0.4 is 0 Å². The number of halogens is 1. The van der Waals surface area contributed by atoms with Crippen molar-refractivity contribution >= 4 is 33.0 Å². The molecule has 0 atom stereocenters. The summed E-state index contributed by atoms with van der Waals surface area (Å²) in [5.41, 5.74) is 2.68. The lowest BCUT2D eigenvalue weighted by Crippen LogP contribution is -2.04. The third-order valence-corrected chi connectivity index (χ3v) is 3.65. The molecule has 0 saturated carbocycles. The van der Waals surface area contributed by atoms with E-state index in [9.17, 15) is 4.79 Å². The predicted octanol–water partition coefficient (Wildman–Crippen LogP) is 3.95. The van der Waals surface area contributed by atoms with Gasteiger partial charge in [0.15, 0.2) is 5.78 Å². The second kappa shape index (κ2) is 5.10. The number of rotatable bonds is 3. The van der Waals surface area contributed by atoms with Gasteiger partial charge < -0.3 is 0 Å². The summed E-state index contributed by atoms with van der Waals surface area (Å²) >= 11 is 4.98. The highest BCUT2D eigenvalue weighted by molar-refractivity contribution is 9.10. The fourth-order valence-electron chi connectivity index (χ4n) is 1.65. The van der Waals surface area contributed by atoms with Gasteiger partial charge in [-0.05, 0) is 37.6 Å². The molecule has 0 amide bonds. The van der Waals surface area contributed by atoms with E-state index in [4.69, 9.17) is 0 Å². The largest absolute Gasteiger partial charge is 0.294 e. The van der Waals surface area contributed by atoms with Gasteiger partial charge in [0.2, 0.25) is 0 Å². The Kier molecular flexibility index (Phi) is 3.74. The standard InChI is InChI=1S/C13H12BrNOS/c1-8-3-10(5-11(14)4-8)13(16)6-12-7-17-9(2)15-12/h3-5,7H,6H2,1-2H3. The van der Waals surface area contributed by atoms with Crippen molar-refractivity contribution < 1.29 is 4.79 Å². The van der Waals surface area contributed by atoms with E-state index in [2.05, 4.69) is 20.9 Å². The van der Waals surface area contributed by atoms with Crippen molar-refractivity contribution in [3.05, 3.63) is 49.9 Å². The van der Waals surface area contributed by atoms with Crippen LogP contribution in [0.4, 0.5) is 0 Å². The van der Waals surface area contributed by atoms with E-state index in [1.54, 1.807) is 11.3 Å². The molecule has 0 aliphatic carbocycles. The summed E-state index contributed by atoms with van der Waals surface area (Å²) in [6.45, 7) is 3.93. The highest BCUT2D eigenvalue weighted by Gasteiger charge is 2.10. The first-order valence-electron chi connectivity index (χ1n) is 5.26. The topological polar surface area (TPSA) is 30.0 Å². The van der Waals surface area contributed by atoms with Crippen molar-refractivity contribution in [1.29, 1.82) is 0 Å². The number of Topliss-reactive ketones (excluding diaryl/α,β-unsaturated/α-hetero) is 1. The maximum Gasteiger partial charge on any atom is 0.168 e. The van der Waals surface area contributed by atoms with Crippen LogP contribution in [-0.2, 0) is 6.42 Å². The summed E-state index contributed by atoms with van der Waals surface area (Å²) in [5, 5.41) is 2.94. The molecular formula is C13H12BrNOS. The average Bonchev–Trinajstić information content (AvgIpc) is 2.62. The third kappa shape index (κ3) is 3.23. The summed E-state index contributed by atoms with van der Waals surface area (Å²) in [6.07, 6.45) is 0.375. The Morgan fingerprint density at radius 1 is 1.35 bits per heavy atom. The number of benzene rings is 1. The van der Waals surface area contributed by atoms with Gasteiger partial charge in [0.05, 0.1) is 17.1 Å². The third-order valence-electron chi connectivity index (χ3n) is 2.37. The second-order valence-corrected chi connectivity index (χ2v) is 5.95. The molecule has 4 heteroatoms. The average molecular weight is 310 g/mol. The zero-order chi connectivity index (χ0) is 12.4. The molecular weight excluding hydrogens is 298 g/mol. The van der Waals surface area contributed by atoms with E-state index < -0.39 is 0 Å². The van der Waals surface area contributed by atoms with Gasteiger partial charge in [0.25, 0.3) is 0 Å². The summed E-state index contributed by atoms with van der Waals surface area (Å²) in [5.74, 6) is 0.111. The lowest BCUT2D eigenvalue weighted by molar-refractivity contribution is 0.0992. The van der Waals surface area contributed by atoms with Gasteiger partial charge >= 0.3 is 0 Å². The van der Waals surface area contributed by atoms with Gasteiger partial charge in [-0.1, -0.05) is 15.9 Å². The number of aromatic nitrogens is 1. The number of aryl methyl sites for hydroxylation is 2. The van der Waals surface area contributed by atoms with Crippen molar-refractivity contribution in [1.82, 2.24) is 4.98 Å². The maximum absolute atomic E-state index is 12.1. The molecule has 0 bridgehead atoms. The molecule has 1 aromatic carbocycles. The van der Waals surface area contributed by atoms with Crippen LogP contribution >= 0.6 is 27.3 Å². The van der Waals surface area contributed by atoms with Crippen LogP contribution in [0, 0.1) is 13.8 Å². The van der Waals surface area contributed by atoms with Crippen LogP contribution in [-0.4, -0.2) is 10.8 Å². The molecule has 0 saturated heterocycles. The molecule has 88 valence electrons. The van der Waals surface area contributed by atoms with E-state index in [1.165, 1.54) is 0 Å². The molecule has 0 aliphatic heterocycles. The lowest BCUT2D eigenvalue weighted by atomic mass is 10.0. The number of ketones is 1. The van der Waals surface area contributed by atoms with Gasteiger partial charge in [-0.2, -0.15) is 0 Å². The van der Waals surface area contributed by atoms with Crippen LogP contribution in [0.2, 0.25) is 0 Å². The van der Waals surface area contributed by atoms with Gasteiger partial charge in [0, 0.05) is 15.4 Å². The number of hydrogen-bond acceptors (Lipinski definition) is 3. The second-order valence-electron chi connectivity index (χ2n) is 3.98. The molecule has 0 unspecified atom stereocenters. The molecule has 2 nitrogen and oxygen atoms in total. The number of nitrogens with zero attached hydrogens (tertiary/aromatic N) is 1. The molecule has 0 aliphatic rings. The number of hydrogen-bond donors (Lipinski definition) is 0. The van der Waals surface area contributed by atoms with Gasteiger partial charge in [-0.3, -0.25) is 4.79 Å². The van der Waals surface area contributed by atoms with Crippen molar-refractivity contribution in [2.45, 2.75) is 20.3 Å². The first kappa shape index (κ1) is 12.5. The Bertz CT molecular complexity index is 542. The van der Waals surface area contributed by atoms with E-state index in [0.717, 1.165) is 26.3 Å². The molecule has 0 radical (unpaired) electrons. The van der Waals surface area contributed by atoms with Crippen molar-refractivity contribution in [3.63, 3.8) is 0 Å². The minimum absolute atomic E-state index is 0.111. The summed E-state index contributed by atoms with van der Waals surface area (Å²) in [4.78, 5) is 16.4. The molecule has 2 aromatic rings. The Labute approximate surface area is 113 Å². The molecule has 0 spiro atoms. The summed E-state index contributed by atoms with van der Waals surface area (Å²) < 4.78 is 0.940. The Morgan fingerprint density at radius 3 is 2.71 bits per heavy atom. The highest BCUT2D eigenvalue weighted by Crippen LogP contribution is 2.17. The fourth-order valence-corrected chi connectivity index (χ4v) is 2.87. The van der Waals surface area contributed by atoms with Crippen LogP contribution in [0.1, 0.15) is 26.6 Å². The van der Waals surface area contributed by atoms with Gasteiger partial charge in [-0.25, -0.2) is 4.98 Å². The molecule has 2 rings (SSSR count). The lowest BCUT2D eigenvalue weighted by Gasteiger charge is -2.02. The Morgan fingerprint density at radius 2 is 2.12 bits per heavy atom. The van der Waals surface area contributed by atoms with Gasteiger partial charge in [0.1, 0.15) is 0 Å². The van der Waals surface area contributed by atoms with E-state index >= 15 is 0 Å². The summed E-state index contributed by atoms with van der Waals surface area (Å²) in [6, 6.07) is 5.75. The van der Waals surface area contributed by atoms with E-state index in [0.29, 0.717) is 6.42 Å². The van der Waals surface area contributed by atoms with Crippen LogP contribution in [0.15, 0.2) is 28.1 Å². The fraction of sp³-hybridized carbons (Fsp3) is 0.231. The molecule has 1 heterocycles. The predicted molar refractivity (Wildman–Crippen MR) is 73.8 cm³/mol. The minimum atomic E-state index is 0.111. The minimum Gasteiger partial charge on any atom is -0.294 e.